The number of carbonyl (C=O) groups is 1. The first-order valence-electron chi connectivity index (χ1n) is 9.87. The molecule has 0 spiro atoms. The zero-order chi connectivity index (χ0) is 22.9. The van der Waals surface area contributed by atoms with Crippen LogP contribution in [-0.2, 0) is 4.79 Å². The third-order valence-electron chi connectivity index (χ3n) is 4.62. The number of nitrogens with zero attached hydrogens (tertiary/aromatic N) is 1. The van der Waals surface area contributed by atoms with E-state index in [-0.39, 0.29) is 12.4 Å². The minimum Gasteiger partial charge on any atom is -0.496 e. The quantitative estimate of drug-likeness (QED) is 0.216. The predicted molar refractivity (Wildman–Crippen MR) is 122 cm³/mol. The van der Waals surface area contributed by atoms with Gasteiger partial charge in [0.2, 0.25) is 0 Å². The molecule has 0 amide bonds. The minimum atomic E-state index is -0.557. The van der Waals surface area contributed by atoms with E-state index in [9.17, 15) is 10.1 Å². The van der Waals surface area contributed by atoms with Crippen molar-refractivity contribution in [3.63, 3.8) is 0 Å². The predicted octanol–water partition coefficient (Wildman–Crippen LogP) is 5.06. The average molecular weight is 429 g/mol. The number of allylic oxidation sites excluding steroid dienone is 1. The normalized spacial score (nSPS) is 10.8. The maximum Gasteiger partial charge on any atom is 0.349 e. The van der Waals surface area contributed by atoms with E-state index < -0.39 is 5.97 Å². The Kier molecular flexibility index (Phi) is 7.50. The van der Waals surface area contributed by atoms with E-state index in [0.717, 1.165) is 5.56 Å². The molecule has 0 aliphatic heterocycles. The van der Waals surface area contributed by atoms with Crippen molar-refractivity contribution in [2.45, 2.75) is 6.92 Å². The Bertz CT molecular complexity index is 1160. The molecule has 0 N–H and O–H groups in total. The largest absolute Gasteiger partial charge is 0.496 e. The Labute approximate surface area is 187 Å². The summed E-state index contributed by atoms with van der Waals surface area (Å²) < 4.78 is 21.6. The highest BCUT2D eigenvalue weighted by Crippen LogP contribution is 2.31. The van der Waals surface area contributed by atoms with Gasteiger partial charge in [0.25, 0.3) is 0 Å². The van der Waals surface area contributed by atoms with Crippen LogP contribution >= 0.6 is 0 Å². The second kappa shape index (κ2) is 10.7. The van der Waals surface area contributed by atoms with Gasteiger partial charge < -0.3 is 18.9 Å². The second-order valence-electron chi connectivity index (χ2n) is 6.86. The molecule has 3 aromatic carbocycles. The van der Waals surface area contributed by atoms with Gasteiger partial charge >= 0.3 is 5.97 Å². The number of ether oxygens (including phenoxy) is 4. The van der Waals surface area contributed by atoms with Gasteiger partial charge in [-0.3, -0.25) is 0 Å². The molecule has 162 valence electrons. The molecule has 0 aliphatic carbocycles. The molecule has 0 radical (unpaired) electrons. The van der Waals surface area contributed by atoms with Crippen molar-refractivity contribution in [1.82, 2.24) is 0 Å². The summed E-state index contributed by atoms with van der Waals surface area (Å²) in [5, 5.41) is 9.64. The summed E-state index contributed by atoms with van der Waals surface area (Å²) >= 11 is 0. The highest BCUT2D eigenvalue weighted by Gasteiger charge is 2.13. The van der Waals surface area contributed by atoms with Crippen LogP contribution in [0.1, 0.15) is 16.7 Å². The number of benzene rings is 3. The molecule has 0 aromatic heterocycles. The number of nitriles is 1. The van der Waals surface area contributed by atoms with Crippen molar-refractivity contribution in [2.75, 3.05) is 20.8 Å². The highest BCUT2D eigenvalue weighted by molar-refractivity contribution is 5.92. The van der Waals surface area contributed by atoms with Crippen LogP contribution in [0.25, 0.3) is 11.6 Å². The summed E-state index contributed by atoms with van der Waals surface area (Å²) in [4.78, 5) is 12.2. The molecule has 3 rings (SSSR count). The lowest BCUT2D eigenvalue weighted by Crippen LogP contribution is -2.18. The molecule has 0 heterocycles. The Morgan fingerprint density at radius 3 is 2.34 bits per heavy atom. The fraction of sp³-hybridized carbons (Fsp3) is 0.154. The van der Waals surface area contributed by atoms with Crippen molar-refractivity contribution in [3.05, 3.63) is 83.4 Å². The van der Waals surface area contributed by atoms with Gasteiger partial charge in [-0.25, -0.2) is 4.79 Å². The van der Waals surface area contributed by atoms with Gasteiger partial charge in [-0.05, 0) is 55.0 Å². The fourth-order valence-corrected chi connectivity index (χ4v) is 2.99. The molecule has 0 fully saturated rings. The second-order valence-corrected chi connectivity index (χ2v) is 6.86. The Hall–Kier alpha value is -4.24. The van der Waals surface area contributed by atoms with Crippen LogP contribution in [0.2, 0.25) is 0 Å². The zero-order valence-corrected chi connectivity index (χ0v) is 18.1. The van der Waals surface area contributed by atoms with Crippen molar-refractivity contribution >= 4 is 17.6 Å². The molecule has 0 saturated heterocycles. The van der Waals surface area contributed by atoms with Crippen molar-refractivity contribution in [2.24, 2.45) is 0 Å². The molecule has 0 unspecified atom stereocenters. The smallest absolute Gasteiger partial charge is 0.349 e. The third-order valence-corrected chi connectivity index (χ3v) is 4.62. The molecule has 0 atom stereocenters. The standard InChI is InChI=1S/C26H23NO5/c1-18-8-11-21(12-9-18)31-17-26(28)32-24-13-10-19(15-25(24)30-3)14-20(16-27)22-6-4-5-7-23(22)29-2/h4-15H,17H2,1-3H3/b20-14-. The molecular formula is C26H23NO5. The monoisotopic (exact) mass is 429 g/mol. The summed E-state index contributed by atoms with van der Waals surface area (Å²) in [6, 6.07) is 21.9. The van der Waals surface area contributed by atoms with Crippen LogP contribution in [0.3, 0.4) is 0 Å². The lowest BCUT2D eigenvalue weighted by molar-refractivity contribution is -0.136. The summed E-state index contributed by atoms with van der Waals surface area (Å²) in [6.45, 7) is 1.74. The molecule has 32 heavy (non-hydrogen) atoms. The first-order chi connectivity index (χ1) is 15.5. The van der Waals surface area contributed by atoms with Crippen molar-refractivity contribution < 1.29 is 23.7 Å². The van der Waals surface area contributed by atoms with E-state index in [1.54, 1.807) is 49.6 Å². The SMILES string of the molecule is COc1cc(/C=C(/C#N)c2ccccc2OC)ccc1OC(=O)COc1ccc(C)cc1. The summed E-state index contributed by atoms with van der Waals surface area (Å²) in [6.07, 6.45) is 1.71. The van der Waals surface area contributed by atoms with E-state index in [2.05, 4.69) is 6.07 Å². The minimum absolute atomic E-state index is 0.236. The zero-order valence-electron chi connectivity index (χ0n) is 18.1. The first-order valence-corrected chi connectivity index (χ1v) is 9.87. The number of carbonyl (C=O) groups excluding carboxylic acids is 1. The third kappa shape index (κ3) is 5.67. The van der Waals surface area contributed by atoms with Gasteiger partial charge in [0.15, 0.2) is 18.1 Å². The molecule has 0 bridgehead atoms. The maximum atomic E-state index is 12.2. The number of hydrogen-bond donors (Lipinski definition) is 0. The molecule has 0 saturated carbocycles. The number of hydrogen-bond acceptors (Lipinski definition) is 6. The van der Waals surface area contributed by atoms with Gasteiger partial charge in [-0.1, -0.05) is 35.9 Å². The Balaban J connectivity index is 1.75. The van der Waals surface area contributed by atoms with Crippen LogP contribution in [0, 0.1) is 18.3 Å². The highest BCUT2D eigenvalue weighted by atomic mass is 16.6. The maximum absolute atomic E-state index is 12.2. The molecular weight excluding hydrogens is 406 g/mol. The van der Waals surface area contributed by atoms with Crippen LogP contribution in [0.5, 0.6) is 23.0 Å². The average Bonchev–Trinajstić information content (AvgIpc) is 2.83. The van der Waals surface area contributed by atoms with E-state index in [1.807, 2.05) is 37.3 Å². The van der Waals surface area contributed by atoms with E-state index in [4.69, 9.17) is 18.9 Å². The molecule has 6 nitrogen and oxygen atoms in total. The van der Waals surface area contributed by atoms with Gasteiger partial charge in [-0.2, -0.15) is 5.26 Å². The lowest BCUT2D eigenvalue weighted by atomic mass is 10.0. The van der Waals surface area contributed by atoms with Gasteiger partial charge in [0, 0.05) is 5.56 Å². The number of methoxy groups -OCH3 is 2. The van der Waals surface area contributed by atoms with Crippen LogP contribution in [0.4, 0.5) is 0 Å². The van der Waals surface area contributed by atoms with E-state index >= 15 is 0 Å². The van der Waals surface area contributed by atoms with Gasteiger partial charge in [-0.15, -0.1) is 0 Å². The fourth-order valence-electron chi connectivity index (χ4n) is 2.99. The summed E-state index contributed by atoms with van der Waals surface area (Å²) in [5.41, 5.74) is 2.92. The summed E-state index contributed by atoms with van der Waals surface area (Å²) in [7, 11) is 3.04. The van der Waals surface area contributed by atoms with Crippen molar-refractivity contribution in [3.8, 4) is 29.1 Å². The van der Waals surface area contributed by atoms with Gasteiger partial charge in [0.05, 0.1) is 25.9 Å². The topological polar surface area (TPSA) is 77.8 Å². The van der Waals surface area contributed by atoms with Gasteiger partial charge in [0.1, 0.15) is 11.5 Å². The summed E-state index contributed by atoms with van der Waals surface area (Å²) in [5.74, 6) is 1.25. The molecule has 3 aromatic rings. The van der Waals surface area contributed by atoms with Crippen LogP contribution < -0.4 is 18.9 Å². The Morgan fingerprint density at radius 1 is 0.938 bits per heavy atom. The number of aryl methyl sites for hydroxylation is 1. The molecule has 6 heteroatoms. The number of para-hydroxylation sites is 1. The molecule has 0 aliphatic rings. The van der Waals surface area contributed by atoms with E-state index in [1.165, 1.54) is 7.11 Å². The van der Waals surface area contributed by atoms with Crippen LogP contribution in [-0.4, -0.2) is 26.8 Å². The number of esters is 1. The first kappa shape index (κ1) is 22.4. The Morgan fingerprint density at radius 2 is 1.66 bits per heavy atom. The van der Waals surface area contributed by atoms with Crippen LogP contribution in [0.15, 0.2) is 66.7 Å². The van der Waals surface area contributed by atoms with E-state index in [0.29, 0.717) is 33.9 Å². The number of rotatable bonds is 8. The van der Waals surface area contributed by atoms with Crippen molar-refractivity contribution in [1.29, 1.82) is 5.26 Å². The lowest BCUT2D eigenvalue weighted by Gasteiger charge is -2.11.